The van der Waals surface area contributed by atoms with E-state index in [2.05, 4.69) is 34.5 Å². The van der Waals surface area contributed by atoms with E-state index in [-0.39, 0.29) is 24.2 Å². The number of benzene rings is 3. The highest BCUT2D eigenvalue weighted by Crippen LogP contribution is 2.31. The van der Waals surface area contributed by atoms with E-state index in [9.17, 15) is 4.79 Å². The molecular weight excluding hydrogens is 450 g/mol. The SMILES string of the molecule is Cl.O=C(Nc1nc2c(s1)CN(Cc1ccccc1)CC2)C(c1ccccc1)c1ccccc1. The Kier molecular flexibility index (Phi) is 7.55. The Morgan fingerprint density at radius 1 is 0.909 bits per heavy atom. The molecule has 0 atom stereocenters. The van der Waals surface area contributed by atoms with Gasteiger partial charge in [-0.1, -0.05) is 91.0 Å². The van der Waals surface area contributed by atoms with Gasteiger partial charge in [0.15, 0.2) is 5.13 Å². The van der Waals surface area contributed by atoms with Gasteiger partial charge in [-0.2, -0.15) is 0 Å². The number of thiazole rings is 1. The Morgan fingerprint density at radius 2 is 1.48 bits per heavy atom. The third kappa shape index (κ3) is 5.50. The molecule has 0 aliphatic carbocycles. The van der Waals surface area contributed by atoms with Gasteiger partial charge in [-0.15, -0.1) is 23.7 Å². The first-order chi connectivity index (χ1) is 15.8. The molecule has 33 heavy (non-hydrogen) atoms. The highest BCUT2D eigenvalue weighted by atomic mass is 35.5. The lowest BCUT2D eigenvalue weighted by atomic mass is 9.90. The summed E-state index contributed by atoms with van der Waals surface area (Å²) in [6.45, 7) is 2.79. The van der Waals surface area contributed by atoms with Gasteiger partial charge in [0.1, 0.15) is 0 Å². The first-order valence-electron chi connectivity index (χ1n) is 10.9. The molecule has 168 valence electrons. The number of halogens is 1. The molecule has 1 N–H and O–H groups in total. The predicted octanol–water partition coefficient (Wildman–Crippen LogP) is 5.89. The van der Waals surface area contributed by atoms with Crippen LogP contribution < -0.4 is 5.32 Å². The number of hydrogen-bond donors (Lipinski definition) is 1. The van der Waals surface area contributed by atoms with Gasteiger partial charge in [-0.3, -0.25) is 9.69 Å². The second kappa shape index (κ2) is 10.8. The van der Waals surface area contributed by atoms with Gasteiger partial charge in [0.2, 0.25) is 5.91 Å². The smallest absolute Gasteiger partial charge is 0.238 e. The minimum Gasteiger partial charge on any atom is -0.301 e. The van der Waals surface area contributed by atoms with Crippen molar-refractivity contribution in [3.05, 3.63) is 118 Å². The van der Waals surface area contributed by atoms with Crippen molar-refractivity contribution in [2.75, 3.05) is 11.9 Å². The average molecular weight is 476 g/mol. The highest BCUT2D eigenvalue weighted by Gasteiger charge is 2.26. The van der Waals surface area contributed by atoms with Crippen LogP contribution in [0.5, 0.6) is 0 Å². The molecule has 5 rings (SSSR count). The largest absolute Gasteiger partial charge is 0.301 e. The number of amides is 1. The molecule has 1 aliphatic rings. The lowest BCUT2D eigenvalue weighted by molar-refractivity contribution is -0.116. The van der Waals surface area contributed by atoms with Crippen molar-refractivity contribution in [3.8, 4) is 0 Å². The van der Waals surface area contributed by atoms with E-state index in [1.807, 2.05) is 66.7 Å². The van der Waals surface area contributed by atoms with Gasteiger partial charge >= 0.3 is 0 Å². The minimum atomic E-state index is -0.368. The van der Waals surface area contributed by atoms with Crippen LogP contribution in [0.4, 0.5) is 5.13 Å². The number of carbonyl (C=O) groups is 1. The van der Waals surface area contributed by atoms with E-state index in [0.717, 1.165) is 42.9 Å². The van der Waals surface area contributed by atoms with Gasteiger partial charge in [0.05, 0.1) is 11.6 Å². The van der Waals surface area contributed by atoms with Crippen molar-refractivity contribution in [3.63, 3.8) is 0 Å². The molecule has 0 saturated heterocycles. The van der Waals surface area contributed by atoms with E-state index in [0.29, 0.717) is 5.13 Å². The molecule has 1 aromatic heterocycles. The quantitative estimate of drug-likeness (QED) is 0.378. The summed E-state index contributed by atoms with van der Waals surface area (Å²) in [6.07, 6.45) is 0.912. The summed E-state index contributed by atoms with van der Waals surface area (Å²) >= 11 is 1.60. The van der Waals surface area contributed by atoms with Crippen LogP contribution >= 0.6 is 23.7 Å². The molecule has 0 unspecified atom stereocenters. The third-order valence-corrected chi connectivity index (χ3v) is 6.82. The highest BCUT2D eigenvalue weighted by molar-refractivity contribution is 7.15. The summed E-state index contributed by atoms with van der Waals surface area (Å²) in [5.74, 6) is -0.414. The number of anilines is 1. The summed E-state index contributed by atoms with van der Waals surface area (Å²) in [4.78, 5) is 21.8. The predicted molar refractivity (Wildman–Crippen MR) is 137 cm³/mol. The van der Waals surface area contributed by atoms with Crippen LogP contribution in [0.3, 0.4) is 0 Å². The van der Waals surface area contributed by atoms with Gasteiger partial charge in [0, 0.05) is 30.9 Å². The maximum absolute atomic E-state index is 13.4. The summed E-state index contributed by atoms with van der Waals surface area (Å²) in [7, 11) is 0. The number of carbonyl (C=O) groups excluding carboxylic acids is 1. The Labute approximate surface area is 204 Å². The van der Waals surface area contributed by atoms with Gasteiger partial charge in [-0.05, 0) is 16.7 Å². The Morgan fingerprint density at radius 3 is 2.09 bits per heavy atom. The zero-order valence-corrected chi connectivity index (χ0v) is 19.8. The Balaban J connectivity index is 0.00000259. The Bertz CT molecular complexity index is 1140. The van der Waals surface area contributed by atoms with E-state index >= 15 is 0 Å². The first-order valence-corrected chi connectivity index (χ1v) is 11.7. The van der Waals surface area contributed by atoms with Crippen LogP contribution in [0.2, 0.25) is 0 Å². The topological polar surface area (TPSA) is 45.2 Å². The van der Waals surface area contributed by atoms with Crippen molar-refractivity contribution < 1.29 is 4.79 Å². The van der Waals surface area contributed by atoms with Crippen LogP contribution in [0.25, 0.3) is 0 Å². The number of rotatable bonds is 6. The van der Waals surface area contributed by atoms with Gasteiger partial charge in [0.25, 0.3) is 0 Å². The van der Waals surface area contributed by atoms with Crippen LogP contribution in [-0.2, 0) is 24.3 Å². The maximum Gasteiger partial charge on any atom is 0.238 e. The van der Waals surface area contributed by atoms with Crippen molar-refractivity contribution in [2.45, 2.75) is 25.4 Å². The van der Waals surface area contributed by atoms with E-state index in [4.69, 9.17) is 4.98 Å². The standard InChI is InChI=1S/C27H25N3OS.ClH/c31-26(25(21-12-6-2-7-13-21)22-14-8-3-9-15-22)29-27-28-23-16-17-30(19-24(23)32-27)18-20-10-4-1-5-11-20;/h1-15,25H,16-19H2,(H,28,29,31);1H. The van der Waals surface area contributed by atoms with Crippen molar-refractivity contribution in [2.24, 2.45) is 0 Å². The molecule has 1 aliphatic heterocycles. The molecule has 2 heterocycles. The fourth-order valence-electron chi connectivity index (χ4n) is 4.24. The summed E-state index contributed by atoms with van der Waals surface area (Å²) in [5, 5.41) is 3.80. The lowest BCUT2D eigenvalue weighted by Crippen LogP contribution is -2.29. The third-order valence-electron chi connectivity index (χ3n) is 5.82. The molecule has 0 radical (unpaired) electrons. The second-order valence-corrected chi connectivity index (χ2v) is 9.16. The zero-order chi connectivity index (χ0) is 21.8. The Hall–Kier alpha value is -2.99. The monoisotopic (exact) mass is 475 g/mol. The number of hydrogen-bond acceptors (Lipinski definition) is 4. The van der Waals surface area contributed by atoms with E-state index in [1.54, 1.807) is 11.3 Å². The molecule has 0 spiro atoms. The number of aromatic nitrogens is 1. The van der Waals surface area contributed by atoms with Crippen molar-refractivity contribution in [1.29, 1.82) is 0 Å². The van der Waals surface area contributed by atoms with Crippen molar-refractivity contribution in [1.82, 2.24) is 9.88 Å². The van der Waals surface area contributed by atoms with Crippen LogP contribution in [0, 0.1) is 0 Å². The molecule has 4 nitrogen and oxygen atoms in total. The van der Waals surface area contributed by atoms with Gasteiger partial charge in [-0.25, -0.2) is 4.98 Å². The summed E-state index contributed by atoms with van der Waals surface area (Å²) in [5.41, 5.74) is 4.39. The number of fused-ring (bicyclic) bond motifs is 1. The fraction of sp³-hybridized carbons (Fsp3) is 0.185. The average Bonchev–Trinajstić information content (AvgIpc) is 3.23. The fourth-order valence-corrected chi connectivity index (χ4v) is 5.30. The molecule has 0 saturated carbocycles. The number of nitrogens with one attached hydrogen (secondary N) is 1. The summed E-state index contributed by atoms with van der Waals surface area (Å²) < 4.78 is 0. The molecule has 0 fully saturated rings. The normalized spacial score (nSPS) is 13.2. The van der Waals surface area contributed by atoms with Gasteiger partial charge < -0.3 is 5.32 Å². The molecule has 4 aromatic rings. The summed E-state index contributed by atoms with van der Waals surface area (Å²) in [6, 6.07) is 30.4. The van der Waals surface area contributed by atoms with E-state index < -0.39 is 0 Å². The number of nitrogens with zero attached hydrogens (tertiary/aromatic N) is 2. The second-order valence-electron chi connectivity index (χ2n) is 8.08. The first kappa shape index (κ1) is 23.2. The van der Waals surface area contributed by atoms with E-state index in [1.165, 1.54) is 10.4 Å². The minimum absolute atomic E-state index is 0. The van der Waals surface area contributed by atoms with Crippen LogP contribution in [-0.4, -0.2) is 22.3 Å². The molecule has 3 aromatic carbocycles. The molecule has 0 bridgehead atoms. The van der Waals surface area contributed by atoms with Crippen molar-refractivity contribution >= 4 is 34.8 Å². The molecule has 6 heteroatoms. The lowest BCUT2D eigenvalue weighted by Gasteiger charge is -2.25. The van der Waals surface area contributed by atoms with Crippen LogP contribution in [0.15, 0.2) is 91.0 Å². The molecule has 1 amide bonds. The molecular formula is C27H26ClN3OS. The zero-order valence-electron chi connectivity index (χ0n) is 18.2. The van der Waals surface area contributed by atoms with Crippen LogP contribution in [0.1, 0.15) is 33.2 Å². The maximum atomic E-state index is 13.4.